The molecule has 0 aliphatic carbocycles. The molecule has 2 aromatic rings. The predicted octanol–water partition coefficient (Wildman–Crippen LogP) is 5.48. The first-order valence-corrected chi connectivity index (χ1v) is 10.2. The van der Waals surface area contributed by atoms with Gasteiger partial charge in [0, 0.05) is 0 Å². The van der Waals surface area contributed by atoms with E-state index in [0.29, 0.717) is 24.0 Å². The lowest BCUT2D eigenvalue weighted by molar-refractivity contribution is 0.588. The quantitative estimate of drug-likeness (QED) is 0.580. The number of hydrogen-bond acceptors (Lipinski definition) is 2. The van der Waals surface area contributed by atoms with Crippen LogP contribution in [0.2, 0.25) is 0 Å². The second-order valence-corrected chi connectivity index (χ2v) is 8.10. The number of rotatable bonds is 8. The fourth-order valence-electron chi connectivity index (χ4n) is 2.86. The number of benzene rings is 2. The molecular weight excluding hydrogens is 342 g/mol. The Labute approximate surface area is 148 Å². The van der Waals surface area contributed by atoms with Crippen molar-refractivity contribution in [3.63, 3.8) is 0 Å². The molecular formula is C20H24F2O2S. The number of unbranched alkanes of at least 4 members (excludes halogenated alkanes) is 2. The van der Waals surface area contributed by atoms with Crippen LogP contribution in [0, 0.1) is 11.6 Å². The van der Waals surface area contributed by atoms with Crippen LogP contribution in [0.3, 0.4) is 0 Å². The topological polar surface area (TPSA) is 34.1 Å². The third kappa shape index (κ3) is 4.66. The van der Waals surface area contributed by atoms with Crippen molar-refractivity contribution in [1.29, 1.82) is 0 Å². The Morgan fingerprint density at radius 1 is 0.760 bits per heavy atom. The first-order chi connectivity index (χ1) is 11.9. The molecule has 5 heteroatoms. The molecule has 0 radical (unpaired) electrons. The zero-order chi connectivity index (χ0) is 18.4. The molecule has 2 aromatic carbocycles. The maximum absolute atomic E-state index is 13.6. The molecule has 0 aliphatic rings. The first-order valence-electron chi connectivity index (χ1n) is 8.72. The lowest BCUT2D eigenvalue weighted by Crippen LogP contribution is -2.09. The van der Waals surface area contributed by atoms with Crippen LogP contribution in [0.5, 0.6) is 0 Å². The summed E-state index contributed by atoms with van der Waals surface area (Å²) in [6.07, 6.45) is 4.31. The molecule has 0 heterocycles. The van der Waals surface area contributed by atoms with Gasteiger partial charge in [-0.2, -0.15) is 0 Å². The molecule has 136 valence electrons. The highest BCUT2D eigenvalue weighted by atomic mass is 32.2. The van der Waals surface area contributed by atoms with Crippen molar-refractivity contribution in [3.05, 3.63) is 59.2 Å². The standard InChI is InChI=1S/C20H24F2O2S/c1-3-5-7-15-13-17(21)9-11-19(15)25(23,24)20-12-10-18(22)14-16(20)8-6-4-2/h9-14H,3-8H2,1-2H3. The van der Waals surface area contributed by atoms with Gasteiger partial charge in [-0.25, -0.2) is 17.2 Å². The second kappa shape index (κ2) is 8.56. The lowest BCUT2D eigenvalue weighted by Gasteiger charge is -2.14. The zero-order valence-electron chi connectivity index (χ0n) is 14.7. The molecule has 2 rings (SSSR count). The summed E-state index contributed by atoms with van der Waals surface area (Å²) >= 11 is 0. The number of sulfone groups is 1. The SMILES string of the molecule is CCCCc1cc(F)ccc1S(=O)(=O)c1ccc(F)cc1CCCC. The fraction of sp³-hybridized carbons (Fsp3) is 0.400. The smallest absolute Gasteiger partial charge is 0.207 e. The molecule has 0 N–H and O–H groups in total. The van der Waals surface area contributed by atoms with Crippen molar-refractivity contribution >= 4 is 9.84 Å². The molecule has 0 unspecified atom stereocenters. The van der Waals surface area contributed by atoms with Crippen molar-refractivity contribution in [2.24, 2.45) is 0 Å². The summed E-state index contributed by atoms with van der Waals surface area (Å²) in [4.78, 5) is 0.235. The van der Waals surface area contributed by atoms with Crippen LogP contribution in [-0.2, 0) is 22.7 Å². The second-order valence-electron chi connectivity index (χ2n) is 6.21. The van der Waals surface area contributed by atoms with E-state index in [1.54, 1.807) is 0 Å². The van der Waals surface area contributed by atoms with Crippen LogP contribution < -0.4 is 0 Å². The highest BCUT2D eigenvalue weighted by Crippen LogP contribution is 2.29. The van der Waals surface area contributed by atoms with E-state index in [-0.39, 0.29) is 9.79 Å². The van der Waals surface area contributed by atoms with Gasteiger partial charge in [0.25, 0.3) is 0 Å². The minimum atomic E-state index is -3.83. The fourth-order valence-corrected chi connectivity index (χ4v) is 4.61. The van der Waals surface area contributed by atoms with Gasteiger partial charge in [0.05, 0.1) is 9.79 Å². The van der Waals surface area contributed by atoms with Gasteiger partial charge in [-0.15, -0.1) is 0 Å². The molecule has 0 fully saturated rings. The first kappa shape index (κ1) is 19.6. The van der Waals surface area contributed by atoms with Crippen LogP contribution in [-0.4, -0.2) is 8.42 Å². The van der Waals surface area contributed by atoms with Crippen molar-refractivity contribution in [1.82, 2.24) is 0 Å². The van der Waals surface area contributed by atoms with Gasteiger partial charge in [0.15, 0.2) is 0 Å². The number of hydrogen-bond donors (Lipinski definition) is 0. The zero-order valence-corrected chi connectivity index (χ0v) is 15.5. The van der Waals surface area contributed by atoms with Crippen LogP contribution in [0.1, 0.15) is 50.7 Å². The van der Waals surface area contributed by atoms with E-state index < -0.39 is 21.5 Å². The largest absolute Gasteiger partial charge is 0.218 e. The molecule has 0 saturated carbocycles. The van der Waals surface area contributed by atoms with E-state index in [2.05, 4.69) is 0 Å². The Hall–Kier alpha value is -1.75. The Balaban J connectivity index is 2.56. The normalized spacial score (nSPS) is 11.7. The van der Waals surface area contributed by atoms with Gasteiger partial charge in [-0.05, 0) is 73.2 Å². The van der Waals surface area contributed by atoms with Crippen LogP contribution >= 0.6 is 0 Å². The van der Waals surface area contributed by atoms with Crippen molar-refractivity contribution in [2.45, 2.75) is 62.2 Å². The van der Waals surface area contributed by atoms with Crippen molar-refractivity contribution in [2.75, 3.05) is 0 Å². The van der Waals surface area contributed by atoms with Gasteiger partial charge in [0.1, 0.15) is 11.6 Å². The Bertz CT molecular complexity index is 766. The number of aryl methyl sites for hydroxylation is 2. The minimum absolute atomic E-state index is 0.117. The maximum Gasteiger partial charge on any atom is 0.207 e. The molecule has 0 spiro atoms. The maximum atomic E-state index is 13.6. The van der Waals surface area contributed by atoms with Gasteiger partial charge in [-0.1, -0.05) is 26.7 Å². The molecule has 0 aromatic heterocycles. The average molecular weight is 366 g/mol. The van der Waals surface area contributed by atoms with Crippen molar-refractivity contribution in [3.8, 4) is 0 Å². The highest BCUT2D eigenvalue weighted by Gasteiger charge is 2.24. The third-order valence-corrected chi connectivity index (χ3v) is 6.18. The molecule has 0 saturated heterocycles. The lowest BCUT2D eigenvalue weighted by atomic mass is 10.1. The summed E-state index contributed by atoms with van der Waals surface area (Å²) in [5.41, 5.74) is 0.959. The summed E-state index contributed by atoms with van der Waals surface area (Å²) in [6, 6.07) is 7.55. The predicted molar refractivity (Wildman–Crippen MR) is 95.5 cm³/mol. The monoisotopic (exact) mass is 366 g/mol. The Morgan fingerprint density at radius 3 is 1.52 bits per heavy atom. The van der Waals surface area contributed by atoms with Crippen LogP contribution in [0.4, 0.5) is 8.78 Å². The van der Waals surface area contributed by atoms with E-state index in [4.69, 9.17) is 0 Å². The van der Waals surface area contributed by atoms with E-state index in [1.807, 2.05) is 13.8 Å². The van der Waals surface area contributed by atoms with Crippen molar-refractivity contribution < 1.29 is 17.2 Å². The molecule has 0 amide bonds. The molecule has 0 atom stereocenters. The Morgan fingerprint density at radius 2 is 1.16 bits per heavy atom. The van der Waals surface area contributed by atoms with Gasteiger partial charge in [-0.3, -0.25) is 0 Å². The Kier molecular flexibility index (Phi) is 6.71. The van der Waals surface area contributed by atoms with Crippen LogP contribution in [0.15, 0.2) is 46.2 Å². The molecule has 2 nitrogen and oxygen atoms in total. The van der Waals surface area contributed by atoms with E-state index in [1.165, 1.54) is 24.3 Å². The van der Waals surface area contributed by atoms with Gasteiger partial charge >= 0.3 is 0 Å². The molecule has 0 aliphatic heterocycles. The van der Waals surface area contributed by atoms with Gasteiger partial charge in [0.2, 0.25) is 9.84 Å². The summed E-state index contributed by atoms with van der Waals surface area (Å²) in [7, 11) is -3.83. The van der Waals surface area contributed by atoms with Gasteiger partial charge < -0.3 is 0 Å². The summed E-state index contributed by atoms with van der Waals surface area (Å²) < 4.78 is 53.6. The number of halogens is 2. The summed E-state index contributed by atoms with van der Waals surface area (Å²) in [5, 5.41) is 0. The van der Waals surface area contributed by atoms with Crippen LogP contribution in [0.25, 0.3) is 0 Å². The third-order valence-electron chi connectivity index (χ3n) is 4.22. The average Bonchev–Trinajstić information content (AvgIpc) is 2.57. The molecule has 0 bridgehead atoms. The summed E-state index contributed by atoms with van der Waals surface area (Å²) in [5.74, 6) is -0.897. The van der Waals surface area contributed by atoms with E-state index in [0.717, 1.165) is 37.8 Å². The molecule has 25 heavy (non-hydrogen) atoms. The minimum Gasteiger partial charge on any atom is -0.218 e. The summed E-state index contributed by atoms with van der Waals surface area (Å²) in [6.45, 7) is 3.99. The van der Waals surface area contributed by atoms with E-state index in [9.17, 15) is 17.2 Å². The highest BCUT2D eigenvalue weighted by molar-refractivity contribution is 7.91. The van der Waals surface area contributed by atoms with E-state index >= 15 is 0 Å².